The molecular formula is C28H40FN3O4. The van der Waals surface area contributed by atoms with Gasteiger partial charge in [0.05, 0.1) is 5.60 Å². The quantitative estimate of drug-likeness (QED) is 0.369. The topological polar surface area (TPSA) is 83.1 Å². The number of amides is 2. The molecule has 2 aromatic rings. The highest BCUT2D eigenvalue weighted by molar-refractivity contribution is 5.74. The van der Waals surface area contributed by atoms with Crippen LogP contribution in [0.3, 0.4) is 0 Å². The minimum Gasteiger partial charge on any atom is -0.454 e. The second-order valence-corrected chi connectivity index (χ2v) is 9.60. The van der Waals surface area contributed by atoms with E-state index in [1.165, 1.54) is 6.07 Å². The number of nitrogens with zero attached hydrogens (tertiary/aromatic N) is 1. The van der Waals surface area contributed by atoms with Crippen LogP contribution in [0.4, 0.5) is 9.18 Å². The lowest BCUT2D eigenvalue weighted by atomic mass is 9.73. The molecule has 0 aromatic heterocycles. The molecular weight excluding hydrogens is 461 g/mol. The van der Waals surface area contributed by atoms with Crippen LogP contribution in [0.15, 0.2) is 48.5 Å². The number of halogens is 1. The first kappa shape index (κ1) is 27.9. The standard InChI is InChI=1S/C28H40FN3O4/c1-21(19-30-2)31-27(33)32-17-10-11-22(20-32)28(34,16-8-9-18-35-3)23-12-4-6-14-25(23)36-26-15-7-5-13-24(26)29/h4-7,12-15,21-22,30,34H,8-11,16-20H2,1-3H3,(H,31,33)/t21-,22+,28-/m0/s1. The van der Waals surface area contributed by atoms with Crippen LogP contribution >= 0.6 is 0 Å². The van der Waals surface area contributed by atoms with E-state index in [-0.39, 0.29) is 23.7 Å². The van der Waals surface area contributed by atoms with Crippen LogP contribution in [0, 0.1) is 11.7 Å². The Balaban J connectivity index is 1.89. The number of hydrogen-bond acceptors (Lipinski definition) is 5. The fourth-order valence-electron chi connectivity index (χ4n) is 4.97. The Hall–Kier alpha value is -2.68. The number of urea groups is 1. The van der Waals surface area contributed by atoms with Gasteiger partial charge in [0.1, 0.15) is 5.75 Å². The molecule has 3 atom stereocenters. The number of carbonyl (C=O) groups is 1. The first-order chi connectivity index (χ1) is 17.4. The lowest BCUT2D eigenvalue weighted by molar-refractivity contribution is -0.0575. The largest absolute Gasteiger partial charge is 0.454 e. The van der Waals surface area contributed by atoms with Crippen molar-refractivity contribution in [1.29, 1.82) is 0 Å². The molecule has 36 heavy (non-hydrogen) atoms. The molecule has 1 aliphatic heterocycles. The number of unbranched alkanes of at least 4 members (excludes halogenated alkanes) is 1. The van der Waals surface area contributed by atoms with Crippen LogP contribution in [0.1, 0.15) is 44.6 Å². The summed E-state index contributed by atoms with van der Waals surface area (Å²) in [5, 5.41) is 18.4. The van der Waals surface area contributed by atoms with E-state index in [0.29, 0.717) is 44.0 Å². The number of hydrogen-bond donors (Lipinski definition) is 3. The highest BCUT2D eigenvalue weighted by Crippen LogP contribution is 2.44. The van der Waals surface area contributed by atoms with Crippen LogP contribution in [-0.4, -0.2) is 62.5 Å². The van der Waals surface area contributed by atoms with Crippen LogP contribution in [0.5, 0.6) is 11.5 Å². The van der Waals surface area contributed by atoms with Crippen molar-refractivity contribution in [2.45, 2.75) is 50.7 Å². The zero-order valence-electron chi connectivity index (χ0n) is 21.6. The van der Waals surface area contributed by atoms with Crippen molar-refractivity contribution in [2.75, 3.05) is 40.4 Å². The van der Waals surface area contributed by atoms with Gasteiger partial charge in [0.15, 0.2) is 11.6 Å². The Bertz CT molecular complexity index is 975. The van der Waals surface area contributed by atoms with Crippen molar-refractivity contribution < 1.29 is 23.8 Å². The third-order valence-corrected chi connectivity index (χ3v) is 6.83. The second-order valence-electron chi connectivity index (χ2n) is 9.60. The molecule has 198 valence electrons. The summed E-state index contributed by atoms with van der Waals surface area (Å²) in [7, 11) is 3.51. The molecule has 1 aliphatic rings. The van der Waals surface area contributed by atoms with Crippen molar-refractivity contribution in [3.8, 4) is 11.5 Å². The number of piperidine rings is 1. The van der Waals surface area contributed by atoms with Gasteiger partial charge in [0, 0.05) is 50.9 Å². The van der Waals surface area contributed by atoms with Gasteiger partial charge in [-0.05, 0) is 64.3 Å². The SMILES string of the molecule is CNC[C@H](C)NC(=O)N1CCC[C@@H]([C@@](O)(CCCCOC)c2ccccc2Oc2ccccc2F)C1. The normalized spacial score (nSPS) is 18.4. The Morgan fingerprint density at radius 3 is 2.64 bits per heavy atom. The maximum absolute atomic E-state index is 14.4. The first-order valence-corrected chi connectivity index (χ1v) is 12.8. The van der Waals surface area contributed by atoms with Crippen LogP contribution < -0.4 is 15.4 Å². The average molecular weight is 502 g/mol. The van der Waals surface area contributed by atoms with Crippen LogP contribution in [0.2, 0.25) is 0 Å². The third kappa shape index (κ3) is 7.18. The minimum absolute atomic E-state index is 0.00861. The summed E-state index contributed by atoms with van der Waals surface area (Å²) >= 11 is 0. The lowest BCUT2D eigenvalue weighted by Crippen LogP contribution is -2.53. The lowest BCUT2D eigenvalue weighted by Gasteiger charge is -2.43. The molecule has 8 heteroatoms. The molecule has 2 amide bonds. The molecule has 1 heterocycles. The van der Waals surface area contributed by atoms with Crippen LogP contribution in [0.25, 0.3) is 0 Å². The van der Waals surface area contributed by atoms with Gasteiger partial charge in [-0.15, -0.1) is 0 Å². The fourth-order valence-corrected chi connectivity index (χ4v) is 4.97. The summed E-state index contributed by atoms with van der Waals surface area (Å²) in [4.78, 5) is 14.8. The Kier molecular flexibility index (Phi) is 10.5. The monoisotopic (exact) mass is 501 g/mol. The highest BCUT2D eigenvalue weighted by Gasteiger charge is 2.43. The molecule has 0 saturated carbocycles. The van der Waals surface area contributed by atoms with E-state index in [9.17, 15) is 14.3 Å². The van der Waals surface area contributed by atoms with E-state index >= 15 is 0 Å². The molecule has 1 fully saturated rings. The van der Waals surface area contributed by atoms with Gasteiger partial charge in [-0.3, -0.25) is 0 Å². The van der Waals surface area contributed by atoms with Crippen LogP contribution in [-0.2, 0) is 10.3 Å². The van der Waals surface area contributed by atoms with E-state index < -0.39 is 11.4 Å². The van der Waals surface area contributed by atoms with E-state index in [2.05, 4.69) is 10.6 Å². The molecule has 0 spiro atoms. The summed E-state index contributed by atoms with van der Waals surface area (Å²) in [6.45, 7) is 4.30. The molecule has 3 rings (SSSR count). The van der Waals surface area contributed by atoms with Crippen molar-refractivity contribution in [3.05, 3.63) is 59.9 Å². The van der Waals surface area contributed by atoms with Gasteiger partial charge in [-0.2, -0.15) is 0 Å². The van der Waals surface area contributed by atoms with Crippen molar-refractivity contribution in [3.63, 3.8) is 0 Å². The summed E-state index contributed by atoms with van der Waals surface area (Å²) in [5.74, 6) is -0.146. The van der Waals surface area contributed by atoms with Crippen molar-refractivity contribution in [1.82, 2.24) is 15.5 Å². The van der Waals surface area contributed by atoms with Crippen molar-refractivity contribution in [2.24, 2.45) is 5.92 Å². The second kappa shape index (κ2) is 13.6. The number of carbonyl (C=O) groups excluding carboxylic acids is 1. The molecule has 7 nitrogen and oxygen atoms in total. The average Bonchev–Trinajstić information content (AvgIpc) is 2.88. The van der Waals surface area contributed by atoms with Gasteiger partial charge in [-0.25, -0.2) is 9.18 Å². The summed E-state index contributed by atoms with van der Waals surface area (Å²) in [6, 6.07) is 13.4. The fraction of sp³-hybridized carbons (Fsp3) is 0.536. The number of aliphatic hydroxyl groups is 1. The van der Waals surface area contributed by atoms with Gasteiger partial charge >= 0.3 is 6.03 Å². The van der Waals surface area contributed by atoms with Gasteiger partial charge < -0.3 is 30.1 Å². The number of likely N-dealkylation sites (tertiary alicyclic amines) is 1. The number of para-hydroxylation sites is 2. The maximum Gasteiger partial charge on any atom is 0.317 e. The highest BCUT2D eigenvalue weighted by atomic mass is 19.1. The van der Waals surface area contributed by atoms with E-state index in [0.717, 1.165) is 25.7 Å². The number of methoxy groups -OCH3 is 1. The predicted molar refractivity (Wildman–Crippen MR) is 139 cm³/mol. The Labute approximate surface area is 214 Å². The third-order valence-electron chi connectivity index (χ3n) is 6.83. The number of nitrogens with one attached hydrogen (secondary N) is 2. The maximum atomic E-state index is 14.4. The molecule has 0 bridgehead atoms. The van der Waals surface area contributed by atoms with Gasteiger partial charge in [-0.1, -0.05) is 30.3 Å². The smallest absolute Gasteiger partial charge is 0.317 e. The van der Waals surface area contributed by atoms with Crippen molar-refractivity contribution >= 4 is 6.03 Å². The van der Waals surface area contributed by atoms with E-state index in [1.54, 1.807) is 36.3 Å². The van der Waals surface area contributed by atoms with Gasteiger partial charge in [0.2, 0.25) is 0 Å². The first-order valence-electron chi connectivity index (χ1n) is 12.8. The summed E-state index contributed by atoms with van der Waals surface area (Å²) < 4.78 is 25.6. The van der Waals surface area contributed by atoms with Gasteiger partial charge in [0.25, 0.3) is 0 Å². The molecule has 1 saturated heterocycles. The molecule has 0 unspecified atom stereocenters. The van der Waals surface area contributed by atoms with E-state index in [4.69, 9.17) is 9.47 Å². The molecule has 3 N–H and O–H groups in total. The summed E-state index contributed by atoms with van der Waals surface area (Å²) in [6.07, 6.45) is 3.57. The summed E-state index contributed by atoms with van der Waals surface area (Å²) in [5.41, 5.74) is -0.646. The predicted octanol–water partition coefficient (Wildman–Crippen LogP) is 4.65. The molecule has 0 radical (unpaired) electrons. The Morgan fingerprint density at radius 2 is 1.92 bits per heavy atom. The van der Waals surface area contributed by atoms with E-state index in [1.807, 2.05) is 32.2 Å². The number of rotatable bonds is 12. The zero-order chi connectivity index (χ0) is 26.0. The molecule has 0 aliphatic carbocycles. The molecule has 2 aromatic carbocycles. The number of benzene rings is 2. The minimum atomic E-state index is -1.26. The zero-order valence-corrected chi connectivity index (χ0v) is 21.6. The Morgan fingerprint density at radius 1 is 1.19 bits per heavy atom. The number of likely N-dealkylation sites (N-methyl/N-ethyl adjacent to an activating group) is 1. The number of ether oxygens (including phenoxy) is 2.